The SMILES string of the molecule is Oc1ccc(C=Nn2c(-c3ccccc3Br)csc2=Nc2cccnc2)c(O)c1. The third-order valence-corrected chi connectivity index (χ3v) is 5.54. The molecule has 144 valence electrons. The average molecular weight is 467 g/mol. The summed E-state index contributed by atoms with van der Waals surface area (Å²) in [6.45, 7) is 0. The molecule has 29 heavy (non-hydrogen) atoms. The van der Waals surface area contributed by atoms with Crippen molar-refractivity contribution in [3.05, 3.63) is 87.2 Å². The molecule has 0 unspecified atom stereocenters. The first-order valence-electron chi connectivity index (χ1n) is 8.58. The van der Waals surface area contributed by atoms with Crippen LogP contribution in [0.1, 0.15) is 5.56 Å². The fourth-order valence-corrected chi connectivity index (χ4v) is 3.97. The first kappa shape index (κ1) is 19.1. The van der Waals surface area contributed by atoms with E-state index in [9.17, 15) is 10.2 Å². The van der Waals surface area contributed by atoms with Gasteiger partial charge in [0.25, 0.3) is 0 Å². The Bertz CT molecular complexity index is 1250. The highest BCUT2D eigenvalue weighted by Crippen LogP contribution is 2.29. The largest absolute Gasteiger partial charge is 0.508 e. The summed E-state index contributed by atoms with van der Waals surface area (Å²) in [6.07, 6.45) is 4.90. The van der Waals surface area contributed by atoms with Crippen LogP contribution in [0.2, 0.25) is 0 Å². The lowest BCUT2D eigenvalue weighted by atomic mass is 10.2. The van der Waals surface area contributed by atoms with Crippen molar-refractivity contribution in [3.63, 3.8) is 0 Å². The number of aromatic nitrogens is 2. The maximum absolute atomic E-state index is 10.1. The summed E-state index contributed by atoms with van der Waals surface area (Å²) in [6, 6.07) is 15.9. The number of nitrogens with zero attached hydrogens (tertiary/aromatic N) is 4. The quantitative estimate of drug-likeness (QED) is 0.419. The van der Waals surface area contributed by atoms with Gasteiger partial charge in [-0.25, -0.2) is 9.67 Å². The molecule has 0 spiro atoms. The summed E-state index contributed by atoms with van der Waals surface area (Å²) >= 11 is 5.04. The number of phenolic OH excluding ortho intramolecular Hbond substituents is 2. The van der Waals surface area contributed by atoms with Crippen LogP contribution in [0.15, 0.2) is 86.9 Å². The predicted octanol–water partition coefficient (Wildman–Crippen LogP) is 4.90. The van der Waals surface area contributed by atoms with Gasteiger partial charge in [-0.3, -0.25) is 4.98 Å². The van der Waals surface area contributed by atoms with E-state index in [-0.39, 0.29) is 11.5 Å². The van der Waals surface area contributed by atoms with Crippen molar-refractivity contribution in [1.29, 1.82) is 0 Å². The van der Waals surface area contributed by atoms with Crippen molar-refractivity contribution in [2.24, 2.45) is 10.1 Å². The Morgan fingerprint density at radius 3 is 2.69 bits per heavy atom. The van der Waals surface area contributed by atoms with E-state index in [2.05, 4.69) is 31.0 Å². The van der Waals surface area contributed by atoms with E-state index in [4.69, 9.17) is 0 Å². The first-order valence-corrected chi connectivity index (χ1v) is 10.3. The van der Waals surface area contributed by atoms with E-state index in [0.717, 1.165) is 15.7 Å². The lowest BCUT2D eigenvalue weighted by molar-refractivity contribution is 0.450. The van der Waals surface area contributed by atoms with E-state index < -0.39 is 0 Å². The fourth-order valence-electron chi connectivity index (χ4n) is 2.63. The number of thiazole rings is 1. The van der Waals surface area contributed by atoms with Crippen LogP contribution < -0.4 is 4.80 Å². The van der Waals surface area contributed by atoms with Gasteiger partial charge in [-0.05, 0) is 30.3 Å². The number of aromatic hydroxyl groups is 2. The molecule has 2 N–H and O–H groups in total. The summed E-state index contributed by atoms with van der Waals surface area (Å²) in [5, 5.41) is 26.1. The predicted molar refractivity (Wildman–Crippen MR) is 118 cm³/mol. The number of pyridine rings is 1. The molecule has 0 fully saturated rings. The molecule has 0 saturated heterocycles. The average Bonchev–Trinajstić information content (AvgIpc) is 3.11. The number of halogens is 1. The highest BCUT2D eigenvalue weighted by molar-refractivity contribution is 9.10. The maximum Gasteiger partial charge on any atom is 0.211 e. The molecule has 0 radical (unpaired) electrons. The number of phenols is 2. The molecule has 0 aliphatic carbocycles. The first-order chi connectivity index (χ1) is 14.1. The van der Waals surface area contributed by atoms with Crippen molar-refractivity contribution in [3.8, 4) is 22.8 Å². The van der Waals surface area contributed by atoms with Crippen LogP contribution >= 0.6 is 27.3 Å². The molecule has 2 aromatic carbocycles. The molecule has 0 aliphatic heterocycles. The lowest BCUT2D eigenvalue weighted by Gasteiger charge is -2.06. The van der Waals surface area contributed by atoms with Crippen LogP contribution in [0.5, 0.6) is 11.5 Å². The standard InChI is InChI=1S/C21H15BrN4O2S/c22-18-6-2-1-5-17(18)19-13-29-21(25-15-4-3-9-23-12-15)26(19)24-11-14-7-8-16(27)10-20(14)28/h1-13,27-28H. The smallest absolute Gasteiger partial charge is 0.211 e. The summed E-state index contributed by atoms with van der Waals surface area (Å²) in [5.41, 5.74) is 3.00. The van der Waals surface area contributed by atoms with Gasteiger partial charge in [-0.1, -0.05) is 34.1 Å². The van der Waals surface area contributed by atoms with Gasteiger partial charge in [0.1, 0.15) is 11.5 Å². The summed E-state index contributed by atoms with van der Waals surface area (Å²) in [4.78, 5) is 9.41. The van der Waals surface area contributed by atoms with Crippen molar-refractivity contribution in [2.75, 3.05) is 0 Å². The summed E-state index contributed by atoms with van der Waals surface area (Å²) in [5.74, 6) is -0.0678. The Morgan fingerprint density at radius 2 is 1.93 bits per heavy atom. The topological polar surface area (TPSA) is 83.0 Å². The monoisotopic (exact) mass is 466 g/mol. The molecule has 2 aromatic heterocycles. The highest BCUT2D eigenvalue weighted by atomic mass is 79.9. The van der Waals surface area contributed by atoms with Gasteiger partial charge in [0, 0.05) is 33.2 Å². The van der Waals surface area contributed by atoms with Gasteiger partial charge in [0.05, 0.1) is 23.8 Å². The molecule has 0 bridgehead atoms. The number of benzene rings is 2. The van der Waals surface area contributed by atoms with E-state index in [0.29, 0.717) is 16.1 Å². The molecule has 0 saturated carbocycles. The molecule has 8 heteroatoms. The minimum absolute atomic E-state index is 0.0102. The second-order valence-corrected chi connectivity index (χ2v) is 7.70. The Balaban J connectivity index is 1.87. The summed E-state index contributed by atoms with van der Waals surface area (Å²) in [7, 11) is 0. The second kappa shape index (κ2) is 8.42. The van der Waals surface area contributed by atoms with Crippen molar-refractivity contribution in [2.45, 2.75) is 0 Å². The van der Waals surface area contributed by atoms with Crippen LogP contribution in [-0.2, 0) is 0 Å². The molecular weight excluding hydrogens is 452 g/mol. The normalized spacial score (nSPS) is 12.0. The lowest BCUT2D eigenvalue weighted by Crippen LogP contribution is -2.11. The molecule has 0 atom stereocenters. The molecular formula is C21H15BrN4O2S. The minimum atomic E-state index is -0.0576. The van der Waals surface area contributed by atoms with Crippen molar-refractivity contribution < 1.29 is 10.2 Å². The number of hydrogen-bond donors (Lipinski definition) is 2. The Labute approximate surface area is 178 Å². The van der Waals surface area contributed by atoms with Gasteiger partial charge >= 0.3 is 0 Å². The zero-order valence-corrected chi connectivity index (χ0v) is 17.4. The maximum atomic E-state index is 10.1. The fraction of sp³-hybridized carbons (Fsp3) is 0. The zero-order chi connectivity index (χ0) is 20.2. The van der Waals surface area contributed by atoms with Gasteiger partial charge in [0.2, 0.25) is 4.80 Å². The Hall–Kier alpha value is -3.23. The van der Waals surface area contributed by atoms with Crippen molar-refractivity contribution in [1.82, 2.24) is 9.66 Å². The number of rotatable bonds is 4. The molecule has 0 aliphatic rings. The highest BCUT2D eigenvalue weighted by Gasteiger charge is 2.11. The van der Waals surface area contributed by atoms with Crippen molar-refractivity contribution >= 4 is 39.2 Å². The molecule has 0 amide bonds. The van der Waals surface area contributed by atoms with E-state index in [1.54, 1.807) is 23.1 Å². The van der Waals surface area contributed by atoms with Crippen LogP contribution in [0.4, 0.5) is 5.69 Å². The van der Waals surface area contributed by atoms with Crippen LogP contribution in [0.3, 0.4) is 0 Å². The van der Waals surface area contributed by atoms with Crippen LogP contribution in [0.25, 0.3) is 11.3 Å². The summed E-state index contributed by atoms with van der Waals surface area (Å²) < 4.78 is 2.64. The molecule has 6 nitrogen and oxygen atoms in total. The third-order valence-electron chi connectivity index (χ3n) is 4.03. The molecule has 2 heterocycles. The Kier molecular flexibility index (Phi) is 5.55. The van der Waals surface area contributed by atoms with Gasteiger partial charge in [0.15, 0.2) is 0 Å². The zero-order valence-electron chi connectivity index (χ0n) is 15.0. The van der Waals surface area contributed by atoms with E-state index >= 15 is 0 Å². The van der Waals surface area contributed by atoms with E-state index in [1.165, 1.54) is 29.7 Å². The molecule has 4 rings (SSSR count). The second-order valence-electron chi connectivity index (χ2n) is 6.01. The molecule has 4 aromatic rings. The van der Waals surface area contributed by atoms with Gasteiger partial charge in [-0.15, -0.1) is 11.3 Å². The van der Waals surface area contributed by atoms with Crippen LogP contribution in [0, 0.1) is 0 Å². The Morgan fingerprint density at radius 1 is 1.07 bits per heavy atom. The van der Waals surface area contributed by atoms with E-state index in [1.807, 2.05) is 41.8 Å². The van der Waals surface area contributed by atoms with Crippen LogP contribution in [-0.4, -0.2) is 26.1 Å². The minimum Gasteiger partial charge on any atom is -0.508 e. The van der Waals surface area contributed by atoms with Gasteiger partial charge in [-0.2, -0.15) is 5.10 Å². The number of hydrogen-bond acceptors (Lipinski definition) is 6. The van der Waals surface area contributed by atoms with Gasteiger partial charge < -0.3 is 10.2 Å². The third kappa shape index (κ3) is 4.28.